The van der Waals surface area contributed by atoms with E-state index < -0.39 is 0 Å². The molecule has 12 heavy (non-hydrogen) atoms. The number of aldehydes is 1. The molecule has 1 rings (SSSR count). The van der Waals surface area contributed by atoms with Gasteiger partial charge in [-0.15, -0.1) is 0 Å². The summed E-state index contributed by atoms with van der Waals surface area (Å²) in [5.74, 6) is 0. The maximum absolute atomic E-state index is 10.6. The molecule has 0 spiro atoms. The van der Waals surface area contributed by atoms with Gasteiger partial charge in [-0.05, 0) is 32.3 Å². The first-order valence-corrected chi connectivity index (χ1v) is 4.53. The van der Waals surface area contributed by atoms with Gasteiger partial charge in [-0.1, -0.05) is 5.57 Å². The van der Waals surface area contributed by atoms with Gasteiger partial charge in [0.1, 0.15) is 6.29 Å². The average molecular weight is 168 g/mol. The molecule has 0 aromatic heterocycles. The number of hydrogen-bond donors (Lipinski definition) is 0. The Morgan fingerprint density at radius 3 is 3.00 bits per heavy atom. The van der Waals surface area contributed by atoms with Gasteiger partial charge >= 0.3 is 0 Å². The molecule has 0 aromatic rings. The largest absolute Gasteiger partial charge is 0.378 e. The van der Waals surface area contributed by atoms with Crippen molar-refractivity contribution in [2.75, 3.05) is 6.61 Å². The molecular weight excluding hydrogens is 152 g/mol. The third-order valence-corrected chi connectivity index (χ3v) is 2.38. The Bertz CT molecular complexity index is 194. The van der Waals surface area contributed by atoms with Gasteiger partial charge in [-0.2, -0.15) is 0 Å². The molecule has 2 heteroatoms. The first kappa shape index (κ1) is 9.46. The summed E-state index contributed by atoms with van der Waals surface area (Å²) in [5.41, 5.74) is 2.18. The molecule has 1 aliphatic rings. The second-order valence-corrected chi connectivity index (χ2v) is 3.24. The highest BCUT2D eigenvalue weighted by Gasteiger charge is 2.18. The van der Waals surface area contributed by atoms with E-state index in [1.807, 2.05) is 13.8 Å². The standard InChI is InChI=1S/C10H16O2/c1-3-12-10-5-4-8(2)9(6-10)7-11/h7,10H,3-6H2,1-2H3. The molecule has 0 N–H and O–H groups in total. The van der Waals surface area contributed by atoms with Gasteiger partial charge in [0, 0.05) is 13.0 Å². The summed E-state index contributed by atoms with van der Waals surface area (Å²) in [6, 6.07) is 0. The van der Waals surface area contributed by atoms with E-state index in [1.165, 1.54) is 5.57 Å². The second-order valence-electron chi connectivity index (χ2n) is 3.24. The van der Waals surface area contributed by atoms with Crippen molar-refractivity contribution in [3.63, 3.8) is 0 Å². The normalized spacial score (nSPS) is 24.3. The molecule has 2 nitrogen and oxygen atoms in total. The van der Waals surface area contributed by atoms with Crippen molar-refractivity contribution in [1.82, 2.24) is 0 Å². The van der Waals surface area contributed by atoms with E-state index in [0.29, 0.717) is 0 Å². The van der Waals surface area contributed by atoms with Gasteiger partial charge in [-0.3, -0.25) is 4.79 Å². The first-order chi connectivity index (χ1) is 5.77. The lowest BCUT2D eigenvalue weighted by atomic mass is 9.91. The monoisotopic (exact) mass is 168 g/mol. The van der Waals surface area contributed by atoms with Crippen molar-refractivity contribution in [3.8, 4) is 0 Å². The zero-order valence-corrected chi connectivity index (χ0v) is 7.80. The van der Waals surface area contributed by atoms with E-state index in [4.69, 9.17) is 4.74 Å². The summed E-state index contributed by atoms with van der Waals surface area (Å²) in [4.78, 5) is 10.6. The third kappa shape index (κ3) is 2.18. The molecule has 1 aliphatic carbocycles. The van der Waals surface area contributed by atoms with Gasteiger partial charge < -0.3 is 4.74 Å². The molecule has 0 aromatic carbocycles. The van der Waals surface area contributed by atoms with Gasteiger partial charge in [0.05, 0.1) is 6.10 Å². The van der Waals surface area contributed by atoms with E-state index in [9.17, 15) is 4.79 Å². The summed E-state index contributed by atoms with van der Waals surface area (Å²) in [6.45, 7) is 4.77. The fourth-order valence-electron chi connectivity index (χ4n) is 1.59. The maximum Gasteiger partial charge on any atom is 0.146 e. The predicted octanol–water partition coefficient (Wildman–Crippen LogP) is 2.09. The van der Waals surface area contributed by atoms with Gasteiger partial charge in [0.2, 0.25) is 0 Å². The minimum atomic E-state index is 0.277. The molecule has 0 bridgehead atoms. The molecular formula is C10H16O2. The maximum atomic E-state index is 10.6. The van der Waals surface area contributed by atoms with Crippen LogP contribution in [0, 0.1) is 0 Å². The van der Waals surface area contributed by atoms with E-state index >= 15 is 0 Å². The van der Waals surface area contributed by atoms with Crippen LogP contribution in [0.1, 0.15) is 33.1 Å². The minimum absolute atomic E-state index is 0.277. The number of carbonyl (C=O) groups is 1. The Labute approximate surface area is 73.6 Å². The van der Waals surface area contributed by atoms with Crippen molar-refractivity contribution >= 4 is 6.29 Å². The Morgan fingerprint density at radius 1 is 1.67 bits per heavy atom. The highest BCUT2D eigenvalue weighted by molar-refractivity contribution is 5.74. The molecule has 0 radical (unpaired) electrons. The van der Waals surface area contributed by atoms with Crippen LogP contribution < -0.4 is 0 Å². The van der Waals surface area contributed by atoms with Crippen LogP contribution in [0.25, 0.3) is 0 Å². The van der Waals surface area contributed by atoms with Crippen LogP contribution >= 0.6 is 0 Å². The summed E-state index contributed by atoms with van der Waals surface area (Å²) in [7, 11) is 0. The van der Waals surface area contributed by atoms with Crippen LogP contribution in [0.5, 0.6) is 0 Å². The third-order valence-electron chi connectivity index (χ3n) is 2.38. The van der Waals surface area contributed by atoms with E-state index in [-0.39, 0.29) is 6.10 Å². The van der Waals surface area contributed by atoms with E-state index in [1.54, 1.807) is 0 Å². The number of hydrogen-bond acceptors (Lipinski definition) is 2. The van der Waals surface area contributed by atoms with E-state index in [0.717, 1.165) is 37.7 Å². The number of allylic oxidation sites excluding steroid dienone is 1. The summed E-state index contributed by atoms with van der Waals surface area (Å²) in [6.07, 6.45) is 4.14. The quantitative estimate of drug-likeness (QED) is 0.603. The topological polar surface area (TPSA) is 26.3 Å². The molecule has 0 saturated heterocycles. The molecule has 0 heterocycles. The zero-order valence-electron chi connectivity index (χ0n) is 7.80. The van der Waals surface area contributed by atoms with Crippen LogP contribution in [-0.4, -0.2) is 19.0 Å². The fraction of sp³-hybridized carbons (Fsp3) is 0.700. The van der Waals surface area contributed by atoms with Crippen LogP contribution in [0.3, 0.4) is 0 Å². The van der Waals surface area contributed by atoms with Gasteiger partial charge in [-0.25, -0.2) is 0 Å². The molecule has 0 fully saturated rings. The Morgan fingerprint density at radius 2 is 2.42 bits per heavy atom. The molecule has 0 aliphatic heterocycles. The lowest BCUT2D eigenvalue weighted by Gasteiger charge is -2.23. The highest BCUT2D eigenvalue weighted by Crippen LogP contribution is 2.25. The SMILES string of the molecule is CCOC1CCC(C)=C(C=O)C1. The number of rotatable bonds is 3. The fourth-order valence-corrected chi connectivity index (χ4v) is 1.59. The number of ether oxygens (including phenoxy) is 1. The zero-order chi connectivity index (χ0) is 8.97. The van der Waals surface area contributed by atoms with Crippen LogP contribution in [0.4, 0.5) is 0 Å². The Hall–Kier alpha value is -0.630. The second kappa shape index (κ2) is 4.41. The minimum Gasteiger partial charge on any atom is -0.378 e. The van der Waals surface area contributed by atoms with Gasteiger partial charge in [0.15, 0.2) is 0 Å². The summed E-state index contributed by atoms with van der Waals surface area (Å²) >= 11 is 0. The lowest BCUT2D eigenvalue weighted by molar-refractivity contribution is -0.105. The molecule has 0 amide bonds. The Balaban J connectivity index is 2.55. The van der Waals surface area contributed by atoms with Crippen molar-refractivity contribution in [1.29, 1.82) is 0 Å². The van der Waals surface area contributed by atoms with E-state index in [2.05, 4.69) is 0 Å². The molecule has 0 saturated carbocycles. The van der Waals surface area contributed by atoms with Crippen molar-refractivity contribution < 1.29 is 9.53 Å². The van der Waals surface area contributed by atoms with Crippen molar-refractivity contribution in [2.24, 2.45) is 0 Å². The summed E-state index contributed by atoms with van der Waals surface area (Å²) in [5, 5.41) is 0. The summed E-state index contributed by atoms with van der Waals surface area (Å²) < 4.78 is 5.47. The van der Waals surface area contributed by atoms with Crippen LogP contribution in [0.15, 0.2) is 11.1 Å². The molecule has 1 atom stereocenters. The van der Waals surface area contributed by atoms with Crippen LogP contribution in [-0.2, 0) is 9.53 Å². The molecule has 68 valence electrons. The lowest BCUT2D eigenvalue weighted by Crippen LogP contribution is -2.19. The molecule has 1 unspecified atom stereocenters. The first-order valence-electron chi connectivity index (χ1n) is 4.53. The van der Waals surface area contributed by atoms with Crippen molar-refractivity contribution in [3.05, 3.63) is 11.1 Å². The highest BCUT2D eigenvalue weighted by atomic mass is 16.5. The van der Waals surface area contributed by atoms with Crippen molar-refractivity contribution in [2.45, 2.75) is 39.2 Å². The average Bonchev–Trinajstić information content (AvgIpc) is 2.09. The van der Waals surface area contributed by atoms with Gasteiger partial charge in [0.25, 0.3) is 0 Å². The smallest absolute Gasteiger partial charge is 0.146 e. The Kier molecular flexibility index (Phi) is 3.48. The number of carbonyl (C=O) groups excluding carboxylic acids is 1. The predicted molar refractivity (Wildman–Crippen MR) is 48.0 cm³/mol. The van der Waals surface area contributed by atoms with Crippen LogP contribution in [0.2, 0.25) is 0 Å².